The van der Waals surface area contributed by atoms with E-state index in [-0.39, 0.29) is 17.2 Å². The average molecular weight is 313 g/mol. The fraction of sp³-hybridized carbons (Fsp3) is 0.235. The number of carbonyl (C=O) groups excluding carboxylic acids is 1. The zero-order valence-corrected chi connectivity index (χ0v) is 13.0. The lowest BCUT2D eigenvalue weighted by molar-refractivity contribution is 0.0779. The van der Waals surface area contributed by atoms with Gasteiger partial charge in [0.25, 0.3) is 5.91 Å². The van der Waals surface area contributed by atoms with Crippen molar-refractivity contribution >= 4 is 5.91 Å². The summed E-state index contributed by atoms with van der Waals surface area (Å²) < 4.78 is 5.21. The molecular weight excluding hydrogens is 294 g/mol. The summed E-state index contributed by atoms with van der Waals surface area (Å²) in [5.74, 6) is -0.173. The summed E-state index contributed by atoms with van der Waals surface area (Å²) in [7, 11) is 0. The molecule has 6 heteroatoms. The number of aliphatic hydroxyl groups is 1. The van der Waals surface area contributed by atoms with Crippen LogP contribution in [0.5, 0.6) is 0 Å². The molecule has 1 amide bonds. The van der Waals surface area contributed by atoms with Gasteiger partial charge in [-0.2, -0.15) is 0 Å². The van der Waals surface area contributed by atoms with Crippen LogP contribution < -0.4 is 0 Å². The first-order valence-electron chi connectivity index (χ1n) is 7.19. The van der Waals surface area contributed by atoms with Crippen LogP contribution in [-0.2, 0) is 0 Å². The number of hydrogen-bond donors (Lipinski definition) is 1. The van der Waals surface area contributed by atoms with Crippen molar-refractivity contribution in [1.29, 1.82) is 0 Å². The van der Waals surface area contributed by atoms with Gasteiger partial charge in [-0.05, 0) is 19.1 Å². The van der Waals surface area contributed by atoms with Crippen LogP contribution in [0.1, 0.15) is 29.1 Å². The Labute approximate surface area is 134 Å². The number of aromatic nitrogens is 2. The molecule has 0 bridgehead atoms. The summed E-state index contributed by atoms with van der Waals surface area (Å²) in [6, 6.07) is 3.52. The molecule has 0 saturated carbocycles. The maximum atomic E-state index is 12.9. The number of rotatable bonds is 7. The molecule has 0 unspecified atom stereocenters. The van der Waals surface area contributed by atoms with E-state index in [1.54, 1.807) is 36.7 Å². The summed E-state index contributed by atoms with van der Waals surface area (Å²) in [4.78, 5) is 18.5. The quantitative estimate of drug-likeness (QED) is 0.795. The van der Waals surface area contributed by atoms with Gasteiger partial charge in [-0.15, -0.1) is 13.2 Å². The van der Waals surface area contributed by atoms with Gasteiger partial charge in [0, 0.05) is 31.0 Å². The molecule has 2 rings (SSSR count). The van der Waals surface area contributed by atoms with E-state index in [0.29, 0.717) is 24.3 Å². The Morgan fingerprint density at radius 2 is 2.13 bits per heavy atom. The van der Waals surface area contributed by atoms with E-state index in [9.17, 15) is 9.90 Å². The average Bonchev–Trinajstić information content (AvgIpc) is 3.00. The number of nitrogens with zero attached hydrogens (tertiary/aromatic N) is 3. The third-order valence-electron chi connectivity index (χ3n) is 3.23. The first-order valence-corrected chi connectivity index (χ1v) is 7.19. The minimum atomic E-state index is -0.957. The van der Waals surface area contributed by atoms with Crippen molar-refractivity contribution in [3.8, 4) is 11.3 Å². The van der Waals surface area contributed by atoms with E-state index in [1.807, 2.05) is 0 Å². The summed E-state index contributed by atoms with van der Waals surface area (Å²) in [5, 5.41) is 13.9. The molecule has 23 heavy (non-hydrogen) atoms. The second kappa shape index (κ2) is 7.51. The van der Waals surface area contributed by atoms with Gasteiger partial charge in [-0.1, -0.05) is 17.3 Å². The van der Waals surface area contributed by atoms with Crippen LogP contribution in [0.2, 0.25) is 0 Å². The van der Waals surface area contributed by atoms with Crippen molar-refractivity contribution < 1.29 is 14.4 Å². The van der Waals surface area contributed by atoms with Crippen LogP contribution >= 0.6 is 0 Å². The zero-order valence-electron chi connectivity index (χ0n) is 13.0. The smallest absolute Gasteiger partial charge is 0.260 e. The molecule has 0 radical (unpaired) electrons. The minimum absolute atomic E-state index is 0.131. The Kier molecular flexibility index (Phi) is 5.43. The molecule has 1 atom stereocenters. The minimum Gasteiger partial charge on any atom is -0.385 e. The Hall–Kier alpha value is -2.73. The van der Waals surface area contributed by atoms with Crippen molar-refractivity contribution in [1.82, 2.24) is 15.0 Å². The predicted molar refractivity (Wildman–Crippen MR) is 86.7 cm³/mol. The van der Waals surface area contributed by atoms with E-state index in [0.717, 1.165) is 0 Å². The Balaban J connectivity index is 2.54. The molecule has 2 heterocycles. The number of amides is 1. The molecule has 0 aliphatic rings. The summed E-state index contributed by atoms with van der Waals surface area (Å²) >= 11 is 0. The van der Waals surface area contributed by atoms with Crippen LogP contribution in [0.4, 0.5) is 0 Å². The van der Waals surface area contributed by atoms with Crippen molar-refractivity contribution in [2.24, 2.45) is 0 Å². The largest absolute Gasteiger partial charge is 0.385 e. The van der Waals surface area contributed by atoms with E-state index >= 15 is 0 Å². The Morgan fingerprint density at radius 1 is 1.43 bits per heavy atom. The Bertz CT molecular complexity index is 682. The summed E-state index contributed by atoms with van der Waals surface area (Å²) in [6.07, 6.45) is 5.51. The van der Waals surface area contributed by atoms with E-state index in [4.69, 9.17) is 4.52 Å². The number of hydrogen-bond acceptors (Lipinski definition) is 5. The first-order chi connectivity index (χ1) is 11.1. The fourth-order valence-electron chi connectivity index (χ4n) is 2.20. The van der Waals surface area contributed by atoms with E-state index in [1.165, 1.54) is 11.8 Å². The van der Waals surface area contributed by atoms with Gasteiger partial charge in [-0.3, -0.25) is 9.78 Å². The standard InChI is InChI=1S/C17H19N3O3/c1-4-9-20(10-5-2)17(22)14-15(13-7-6-8-18-11-13)19-23-16(14)12(3)21/h4-8,11-12,21H,1-2,9-10H2,3H3/t12-/m0/s1. The van der Waals surface area contributed by atoms with Crippen LogP contribution in [-0.4, -0.2) is 39.1 Å². The van der Waals surface area contributed by atoms with E-state index < -0.39 is 6.10 Å². The van der Waals surface area contributed by atoms with Crippen LogP contribution in [0.3, 0.4) is 0 Å². The molecule has 2 aromatic heterocycles. The monoisotopic (exact) mass is 313 g/mol. The predicted octanol–water partition coefficient (Wildman–Crippen LogP) is 2.60. The van der Waals surface area contributed by atoms with Gasteiger partial charge in [0.2, 0.25) is 0 Å². The molecule has 6 nitrogen and oxygen atoms in total. The van der Waals surface area contributed by atoms with Crippen molar-refractivity contribution in [3.05, 3.63) is 61.2 Å². The second-order valence-corrected chi connectivity index (χ2v) is 4.98. The maximum Gasteiger partial charge on any atom is 0.260 e. The maximum absolute atomic E-state index is 12.9. The zero-order chi connectivity index (χ0) is 16.8. The first kappa shape index (κ1) is 16.6. The van der Waals surface area contributed by atoms with Gasteiger partial charge in [0.1, 0.15) is 17.4 Å². The van der Waals surface area contributed by atoms with Crippen LogP contribution in [0.15, 0.2) is 54.4 Å². The molecule has 0 aromatic carbocycles. The van der Waals surface area contributed by atoms with Crippen molar-refractivity contribution in [2.45, 2.75) is 13.0 Å². The van der Waals surface area contributed by atoms with Crippen LogP contribution in [0, 0.1) is 0 Å². The normalized spacial score (nSPS) is 11.7. The highest BCUT2D eigenvalue weighted by Gasteiger charge is 2.29. The van der Waals surface area contributed by atoms with Gasteiger partial charge in [0.15, 0.2) is 5.76 Å². The van der Waals surface area contributed by atoms with Gasteiger partial charge >= 0.3 is 0 Å². The van der Waals surface area contributed by atoms with Crippen LogP contribution in [0.25, 0.3) is 11.3 Å². The molecule has 0 fully saturated rings. The highest BCUT2D eigenvalue weighted by atomic mass is 16.5. The van der Waals surface area contributed by atoms with Crippen molar-refractivity contribution in [3.63, 3.8) is 0 Å². The summed E-state index contributed by atoms with van der Waals surface area (Å²) in [6.45, 7) is 9.54. The molecule has 1 N–H and O–H groups in total. The van der Waals surface area contributed by atoms with Crippen molar-refractivity contribution in [2.75, 3.05) is 13.1 Å². The lowest BCUT2D eigenvalue weighted by Gasteiger charge is -2.19. The number of aliphatic hydroxyl groups excluding tert-OH is 1. The molecule has 0 spiro atoms. The lowest BCUT2D eigenvalue weighted by Crippen LogP contribution is -2.32. The number of carbonyl (C=O) groups is 1. The Morgan fingerprint density at radius 3 is 2.65 bits per heavy atom. The van der Waals surface area contributed by atoms with Gasteiger partial charge in [0.05, 0.1) is 0 Å². The third kappa shape index (κ3) is 3.54. The fourth-order valence-corrected chi connectivity index (χ4v) is 2.20. The lowest BCUT2D eigenvalue weighted by atomic mass is 10.0. The third-order valence-corrected chi connectivity index (χ3v) is 3.23. The topological polar surface area (TPSA) is 79.5 Å². The molecule has 120 valence electrons. The second-order valence-electron chi connectivity index (χ2n) is 4.98. The molecule has 0 saturated heterocycles. The molecular formula is C17H19N3O3. The van der Waals surface area contributed by atoms with Gasteiger partial charge < -0.3 is 14.5 Å². The van der Waals surface area contributed by atoms with Gasteiger partial charge in [-0.25, -0.2) is 0 Å². The highest BCUT2D eigenvalue weighted by Crippen LogP contribution is 2.29. The SMILES string of the molecule is C=CCN(CC=C)C(=O)c1c(-c2cccnc2)noc1[C@H](C)O. The molecule has 0 aliphatic carbocycles. The summed E-state index contributed by atoms with van der Waals surface area (Å²) in [5.41, 5.74) is 1.23. The van der Waals surface area contributed by atoms with E-state index in [2.05, 4.69) is 23.3 Å². The highest BCUT2D eigenvalue weighted by molar-refractivity contribution is 6.01. The number of pyridine rings is 1. The molecule has 2 aromatic rings. The molecule has 0 aliphatic heterocycles.